The minimum atomic E-state index is -0.271. The summed E-state index contributed by atoms with van der Waals surface area (Å²) in [4.78, 5) is 0. The smallest absolute Gasteiger partial charge is 0.0622 e. The van der Waals surface area contributed by atoms with Crippen molar-refractivity contribution in [1.82, 2.24) is 0 Å². The fourth-order valence-electron chi connectivity index (χ4n) is 24.2. The second-order valence-corrected chi connectivity index (χ2v) is 24.7. The van der Waals surface area contributed by atoms with Crippen LogP contribution in [0.3, 0.4) is 0 Å². The average molecular weight is 812 g/mol. The Morgan fingerprint density at radius 1 is 0.209 bits per heavy atom. The third kappa shape index (κ3) is 1.29. The van der Waals surface area contributed by atoms with E-state index in [1.165, 1.54) is 5.56 Å². The van der Waals surface area contributed by atoms with Gasteiger partial charge in [-0.1, -0.05) is 30.3 Å². The van der Waals surface area contributed by atoms with Crippen LogP contribution in [0.4, 0.5) is 0 Å². The first kappa shape index (κ1) is 24.2. The van der Waals surface area contributed by atoms with E-state index >= 15 is 0 Å². The van der Waals surface area contributed by atoms with Crippen LogP contribution in [0.15, 0.2) is 30.3 Å². The molecule has 0 aliphatic heterocycles. The van der Waals surface area contributed by atoms with Crippen LogP contribution in [-0.4, -0.2) is 0 Å². The molecule has 0 saturated carbocycles. The average Bonchev–Trinajstić information content (AvgIpc) is 4.23. The van der Waals surface area contributed by atoms with Gasteiger partial charge in [-0.2, -0.15) is 0 Å². The van der Waals surface area contributed by atoms with Gasteiger partial charge in [-0.25, -0.2) is 0 Å². The van der Waals surface area contributed by atoms with Crippen molar-refractivity contribution in [3.8, 4) is 0 Å². The summed E-state index contributed by atoms with van der Waals surface area (Å²) in [6, 6.07) is 11.9. The third-order valence-electron chi connectivity index (χ3n) is 24.3. The van der Waals surface area contributed by atoms with Crippen LogP contribution in [0.1, 0.15) is 22.3 Å². The van der Waals surface area contributed by atoms with Gasteiger partial charge in [0.05, 0.1) is 48.7 Å². The van der Waals surface area contributed by atoms with Crippen molar-refractivity contribution in [2.45, 2.75) is 11.8 Å². The molecule has 30 aromatic carbocycles. The molecule has 0 unspecified atom stereocenters. The highest BCUT2D eigenvalue weighted by Crippen LogP contribution is 2.82. The zero-order valence-corrected chi connectivity index (χ0v) is 34.1. The zero-order chi connectivity index (χ0) is 39.4. The summed E-state index contributed by atoms with van der Waals surface area (Å²) >= 11 is 0. The molecule has 30 aromatic rings. The number of hydrogen-bond acceptors (Lipinski definition) is 0. The zero-order valence-electron chi connectivity index (χ0n) is 34.1. The van der Waals surface area contributed by atoms with E-state index in [1.807, 2.05) is 0 Å². The van der Waals surface area contributed by atoms with Gasteiger partial charge in [-0.3, -0.25) is 0 Å². The van der Waals surface area contributed by atoms with Crippen LogP contribution in [0.25, 0.3) is 302 Å². The lowest BCUT2D eigenvalue weighted by Crippen LogP contribution is -2.33. The first-order valence-corrected chi connectivity index (χ1v) is 25.1. The summed E-state index contributed by atoms with van der Waals surface area (Å²) in [6.07, 6.45) is 1.03. The van der Waals surface area contributed by atoms with Crippen LogP contribution in [-0.2, 0) is 11.8 Å². The Balaban J connectivity index is 1.23. The predicted molar refractivity (Wildman–Crippen MR) is 287 cm³/mol. The molecular weight excluding hydrogens is 805 g/mol. The topological polar surface area (TPSA) is 0 Å². The molecule has 0 bridgehead atoms. The lowest BCUT2D eigenvalue weighted by molar-refractivity contribution is 0.651. The maximum atomic E-state index is 2.49. The van der Waals surface area contributed by atoms with E-state index < -0.39 is 0 Å². The highest BCUT2D eigenvalue weighted by Gasteiger charge is 2.62. The first-order chi connectivity index (χ1) is 33.4. The molecule has 274 valence electrons. The highest BCUT2D eigenvalue weighted by atomic mass is 14.6. The van der Waals surface area contributed by atoms with Crippen molar-refractivity contribution >= 4 is 302 Å². The molecule has 3 aliphatic rings. The predicted octanol–water partition coefficient (Wildman–Crippen LogP) is 18.6. The van der Waals surface area contributed by atoms with Crippen LogP contribution < -0.4 is 0 Å². The van der Waals surface area contributed by atoms with Crippen LogP contribution in [0, 0.1) is 0 Å². The number of rotatable bonds is 2. The van der Waals surface area contributed by atoms with Crippen molar-refractivity contribution in [2.75, 3.05) is 0 Å². The van der Waals surface area contributed by atoms with Crippen LogP contribution >= 0.6 is 0 Å². The number of benzene rings is 19. The quantitative estimate of drug-likeness (QED) is 0.120. The molecule has 0 spiro atoms. The SMILES string of the molecule is c1ccc(CC23c4c5c6c7c2c2c8c9c7c7c6c6c%10c5c5c4c4c%11c%12c5c5c%10c%10c6c6c7c7c9c9c8c8c%13c%14c9c9c7c6c6c%10c7c5c%12c5c%10c7c6c9c%14c%10c6c5c%11c5c(c6%13)c8c2[c+]3c45)cc1. The van der Waals surface area contributed by atoms with E-state index in [0.29, 0.717) is 0 Å². The van der Waals surface area contributed by atoms with Gasteiger partial charge in [0.1, 0.15) is 0 Å². The second kappa shape index (κ2) is 5.46. The summed E-state index contributed by atoms with van der Waals surface area (Å²) < 4.78 is 0. The van der Waals surface area contributed by atoms with Crippen LogP contribution in [0.5, 0.6) is 0 Å². The summed E-state index contributed by atoms with van der Waals surface area (Å²) in [5, 5.41) is 93.4. The molecule has 0 atom stereocenters. The number of hydrogen-bond donors (Lipinski definition) is 0. The molecule has 0 amide bonds. The van der Waals surface area contributed by atoms with Gasteiger partial charge in [0.25, 0.3) is 0 Å². The molecule has 0 N–H and O–H groups in total. The van der Waals surface area contributed by atoms with Crippen molar-refractivity contribution in [2.24, 2.45) is 0 Å². The Hall–Kier alpha value is -8.45. The Bertz CT molecular complexity index is 6780. The van der Waals surface area contributed by atoms with Gasteiger partial charge < -0.3 is 0 Å². The summed E-state index contributed by atoms with van der Waals surface area (Å²) in [6.45, 7) is 0. The van der Waals surface area contributed by atoms with Gasteiger partial charge in [-0.15, -0.1) is 0 Å². The summed E-state index contributed by atoms with van der Waals surface area (Å²) in [5.41, 5.74) is 6.43. The van der Waals surface area contributed by atoms with E-state index in [4.69, 9.17) is 0 Å². The lowest BCUT2D eigenvalue weighted by Gasteiger charge is -2.36. The fourth-order valence-corrected chi connectivity index (χ4v) is 24.2. The Morgan fingerprint density at radius 3 is 0.731 bits per heavy atom. The largest absolute Gasteiger partial charge is 0.0951 e. The van der Waals surface area contributed by atoms with E-state index in [1.54, 1.807) is 318 Å². The Labute approximate surface area is 364 Å². The Kier molecular flexibility index (Phi) is 1.97. The molecule has 0 saturated heterocycles. The summed E-state index contributed by atoms with van der Waals surface area (Å²) in [5.74, 6) is 0. The lowest BCUT2D eigenvalue weighted by atomic mass is 9.61. The van der Waals surface area contributed by atoms with Gasteiger partial charge >= 0.3 is 0 Å². The molecule has 0 radical (unpaired) electrons. The first-order valence-electron chi connectivity index (χ1n) is 25.1. The van der Waals surface area contributed by atoms with Crippen molar-refractivity contribution in [1.29, 1.82) is 0 Å². The Morgan fingerprint density at radius 2 is 0.403 bits per heavy atom. The maximum absolute atomic E-state index is 2.49. The van der Waals surface area contributed by atoms with Crippen LogP contribution in [0.2, 0.25) is 0 Å². The van der Waals surface area contributed by atoms with E-state index in [0.717, 1.165) is 6.42 Å². The standard InChI is InChI=1S/C67H7/c1-2-4-7(5-3-1)6-67-64-60-54-40-32-24-12-9-8-10-13(12)25-27-23-17(10)19-15-11(8)14-18-16(9)22-26(24)38(40)46-44-30(22)28(18)36-34-20(14)21(15)35-37-29(19)31(23)45-47-39(27)41(33(25)32)55(54)61(64)57(47)59-51(45)49(37)53-43(35)42(34)52-48(36)50(44)58(56(46)60)65(67)62(52)63(53)66(59)67/h1-5H,6H2/q+1. The van der Waals surface area contributed by atoms with Gasteiger partial charge in [0.2, 0.25) is 0 Å². The summed E-state index contributed by atoms with van der Waals surface area (Å²) in [7, 11) is 0. The highest BCUT2D eigenvalue weighted by molar-refractivity contribution is 6.83. The van der Waals surface area contributed by atoms with Gasteiger partial charge in [0.15, 0.2) is 0 Å². The van der Waals surface area contributed by atoms with Crippen molar-refractivity contribution < 1.29 is 0 Å². The van der Waals surface area contributed by atoms with Gasteiger partial charge in [0, 0.05) is 270 Å². The monoisotopic (exact) mass is 811 g/mol. The van der Waals surface area contributed by atoms with E-state index in [2.05, 4.69) is 30.3 Å². The molecule has 33 rings (SSSR count). The molecule has 0 heteroatoms. The second-order valence-electron chi connectivity index (χ2n) is 24.7. The van der Waals surface area contributed by atoms with Gasteiger partial charge in [-0.05, 0) is 17.4 Å². The van der Waals surface area contributed by atoms with Crippen molar-refractivity contribution in [3.63, 3.8) is 0 Å². The van der Waals surface area contributed by atoms with Crippen molar-refractivity contribution in [3.05, 3.63) is 52.6 Å². The molecular formula is C67H7+. The maximum Gasteiger partial charge on any atom is 0.0951 e. The minimum absolute atomic E-state index is 0.271. The third-order valence-corrected chi connectivity index (χ3v) is 24.3. The van der Waals surface area contributed by atoms with E-state index in [-0.39, 0.29) is 5.41 Å². The molecule has 0 fully saturated rings. The molecule has 0 heterocycles. The molecule has 0 nitrogen and oxygen atoms in total. The molecule has 67 heavy (non-hydrogen) atoms. The normalized spacial score (nSPS) is 19.8. The fraction of sp³-hybridized carbons (Fsp3) is 0.0299. The molecule has 3 aliphatic carbocycles. The molecule has 0 aromatic heterocycles. The minimum Gasteiger partial charge on any atom is -0.0622 e. The van der Waals surface area contributed by atoms with E-state index in [9.17, 15) is 0 Å².